The highest BCUT2D eigenvalue weighted by Gasteiger charge is 2.41. The molecule has 2 aliphatic heterocycles. The molecular weight excluding hydrogens is 330 g/mol. The van der Waals surface area contributed by atoms with Crippen molar-refractivity contribution in [3.63, 3.8) is 0 Å². The standard InChI is InChI=1S/C20H25N3O3/c1-25-20(24)14-2-3-17-18(9-14)23(11-16-5-7-26-16)19(21-17)12-22-6-4-13-8-15(13)10-22/h2-3,9,13,15-16H,4-8,10-12H2,1H3. The van der Waals surface area contributed by atoms with Crippen LogP contribution in [0, 0.1) is 11.8 Å². The molecule has 0 radical (unpaired) electrons. The summed E-state index contributed by atoms with van der Waals surface area (Å²) in [5.74, 6) is 2.66. The highest BCUT2D eigenvalue weighted by molar-refractivity contribution is 5.93. The number of carbonyl (C=O) groups is 1. The number of ether oxygens (including phenoxy) is 2. The summed E-state index contributed by atoms with van der Waals surface area (Å²) < 4.78 is 12.8. The largest absolute Gasteiger partial charge is 0.465 e. The van der Waals surface area contributed by atoms with Crippen LogP contribution in [0.2, 0.25) is 0 Å². The number of piperidine rings is 1. The molecule has 3 aliphatic rings. The minimum Gasteiger partial charge on any atom is -0.465 e. The Morgan fingerprint density at radius 1 is 1.35 bits per heavy atom. The summed E-state index contributed by atoms with van der Waals surface area (Å²) in [5.41, 5.74) is 2.51. The van der Waals surface area contributed by atoms with Gasteiger partial charge in [0.2, 0.25) is 0 Å². The van der Waals surface area contributed by atoms with E-state index in [1.54, 1.807) is 6.07 Å². The summed E-state index contributed by atoms with van der Waals surface area (Å²) in [6, 6.07) is 5.63. The second-order valence-corrected chi connectivity index (χ2v) is 7.89. The molecular formula is C20H25N3O3. The molecule has 6 nitrogen and oxygen atoms in total. The minimum atomic E-state index is -0.308. The average molecular weight is 355 g/mol. The predicted molar refractivity (Wildman–Crippen MR) is 96.9 cm³/mol. The molecule has 5 rings (SSSR count). The zero-order valence-electron chi connectivity index (χ0n) is 15.2. The summed E-state index contributed by atoms with van der Waals surface area (Å²) in [4.78, 5) is 19.4. The number of aromatic nitrogens is 2. The lowest BCUT2D eigenvalue weighted by molar-refractivity contribution is -0.0592. The number of imidazole rings is 1. The lowest BCUT2D eigenvalue weighted by Crippen LogP contribution is -2.34. The van der Waals surface area contributed by atoms with Crippen LogP contribution in [0.1, 0.15) is 35.4 Å². The molecule has 3 atom stereocenters. The zero-order valence-corrected chi connectivity index (χ0v) is 15.2. The Morgan fingerprint density at radius 2 is 2.23 bits per heavy atom. The Morgan fingerprint density at radius 3 is 2.96 bits per heavy atom. The molecule has 0 bridgehead atoms. The minimum absolute atomic E-state index is 0.252. The van der Waals surface area contributed by atoms with Crippen LogP contribution in [0.3, 0.4) is 0 Å². The monoisotopic (exact) mass is 355 g/mol. The number of fused-ring (bicyclic) bond motifs is 2. The predicted octanol–water partition coefficient (Wildman–Crippen LogP) is 2.45. The van der Waals surface area contributed by atoms with Crippen LogP contribution in [0.15, 0.2) is 18.2 Å². The van der Waals surface area contributed by atoms with E-state index in [-0.39, 0.29) is 12.1 Å². The summed E-state index contributed by atoms with van der Waals surface area (Å²) in [6.07, 6.45) is 4.07. The third-order valence-electron chi connectivity index (χ3n) is 6.17. The van der Waals surface area contributed by atoms with Crippen LogP contribution in [-0.4, -0.2) is 53.3 Å². The zero-order chi connectivity index (χ0) is 17.7. The van der Waals surface area contributed by atoms with Crippen LogP contribution in [0.4, 0.5) is 0 Å². The molecule has 0 amide bonds. The Labute approximate surface area is 153 Å². The molecule has 1 aliphatic carbocycles. The fourth-order valence-corrected chi connectivity index (χ4v) is 4.38. The maximum atomic E-state index is 11.9. The lowest BCUT2D eigenvalue weighted by Gasteiger charge is -2.29. The molecule has 26 heavy (non-hydrogen) atoms. The Bertz CT molecular complexity index is 842. The van der Waals surface area contributed by atoms with Gasteiger partial charge in [0.1, 0.15) is 5.82 Å². The fraction of sp³-hybridized carbons (Fsp3) is 0.600. The summed E-state index contributed by atoms with van der Waals surface area (Å²) in [7, 11) is 1.42. The van der Waals surface area contributed by atoms with Crippen LogP contribution in [0.5, 0.6) is 0 Å². The normalized spacial score (nSPS) is 27.8. The number of rotatable bonds is 5. The molecule has 138 valence electrons. The van der Waals surface area contributed by atoms with Crippen molar-refractivity contribution in [2.24, 2.45) is 11.8 Å². The first-order valence-electron chi connectivity index (χ1n) is 9.62. The van der Waals surface area contributed by atoms with Crippen molar-refractivity contribution in [3.05, 3.63) is 29.6 Å². The van der Waals surface area contributed by atoms with E-state index in [9.17, 15) is 4.79 Å². The summed E-state index contributed by atoms with van der Waals surface area (Å²) in [5, 5.41) is 0. The van der Waals surface area contributed by atoms with Crippen molar-refractivity contribution in [2.45, 2.75) is 38.5 Å². The first kappa shape index (κ1) is 16.3. The molecule has 1 saturated carbocycles. The number of hydrogen-bond acceptors (Lipinski definition) is 5. The van der Waals surface area contributed by atoms with Gasteiger partial charge < -0.3 is 14.0 Å². The molecule has 1 aromatic carbocycles. The topological polar surface area (TPSA) is 56.6 Å². The molecule has 0 N–H and O–H groups in total. The molecule has 0 spiro atoms. The number of likely N-dealkylation sites (tertiary alicyclic amines) is 1. The highest BCUT2D eigenvalue weighted by atomic mass is 16.5. The number of carbonyl (C=O) groups excluding carboxylic acids is 1. The number of hydrogen-bond donors (Lipinski definition) is 0. The Balaban J connectivity index is 1.48. The third kappa shape index (κ3) is 2.91. The van der Waals surface area contributed by atoms with E-state index in [1.165, 1.54) is 26.5 Å². The van der Waals surface area contributed by atoms with E-state index < -0.39 is 0 Å². The second-order valence-electron chi connectivity index (χ2n) is 7.89. The molecule has 6 heteroatoms. The van der Waals surface area contributed by atoms with Crippen LogP contribution in [-0.2, 0) is 22.6 Å². The van der Waals surface area contributed by atoms with Crippen molar-refractivity contribution in [3.8, 4) is 0 Å². The van der Waals surface area contributed by atoms with Crippen molar-refractivity contribution >= 4 is 17.0 Å². The number of nitrogens with zero attached hydrogens (tertiary/aromatic N) is 3. The first-order valence-corrected chi connectivity index (χ1v) is 9.62. The van der Waals surface area contributed by atoms with Crippen LogP contribution < -0.4 is 0 Å². The lowest BCUT2D eigenvalue weighted by atomic mass is 10.1. The van der Waals surface area contributed by atoms with E-state index in [4.69, 9.17) is 14.5 Å². The SMILES string of the molecule is COC(=O)c1ccc2nc(CN3CCC4CC4C3)n(CC3CCO3)c2c1. The molecule has 2 saturated heterocycles. The van der Waals surface area contributed by atoms with E-state index >= 15 is 0 Å². The first-order chi connectivity index (χ1) is 12.7. The Hall–Kier alpha value is -1.92. The summed E-state index contributed by atoms with van der Waals surface area (Å²) >= 11 is 0. The van der Waals surface area contributed by atoms with Gasteiger partial charge in [0, 0.05) is 13.2 Å². The van der Waals surface area contributed by atoms with Crippen molar-refractivity contribution in [1.29, 1.82) is 0 Å². The molecule has 2 aromatic rings. The van der Waals surface area contributed by atoms with Gasteiger partial charge in [-0.05, 0) is 55.8 Å². The number of esters is 1. The van der Waals surface area contributed by atoms with Crippen molar-refractivity contribution in [1.82, 2.24) is 14.5 Å². The van der Waals surface area contributed by atoms with Gasteiger partial charge in [0.25, 0.3) is 0 Å². The van der Waals surface area contributed by atoms with E-state index in [2.05, 4.69) is 9.47 Å². The molecule has 3 heterocycles. The van der Waals surface area contributed by atoms with Gasteiger partial charge >= 0.3 is 5.97 Å². The number of benzene rings is 1. The fourth-order valence-electron chi connectivity index (χ4n) is 4.38. The van der Waals surface area contributed by atoms with Gasteiger partial charge in [0.05, 0.1) is 42.9 Å². The van der Waals surface area contributed by atoms with Gasteiger partial charge in [-0.15, -0.1) is 0 Å². The number of methoxy groups -OCH3 is 1. The third-order valence-corrected chi connectivity index (χ3v) is 6.17. The van der Waals surface area contributed by atoms with Gasteiger partial charge in [-0.2, -0.15) is 0 Å². The molecule has 1 aromatic heterocycles. The smallest absolute Gasteiger partial charge is 0.337 e. The maximum Gasteiger partial charge on any atom is 0.337 e. The van der Waals surface area contributed by atoms with E-state index in [0.717, 1.165) is 61.4 Å². The van der Waals surface area contributed by atoms with Crippen LogP contribution >= 0.6 is 0 Å². The van der Waals surface area contributed by atoms with Gasteiger partial charge in [-0.1, -0.05) is 0 Å². The maximum absolute atomic E-state index is 11.9. The quantitative estimate of drug-likeness (QED) is 0.771. The molecule has 3 fully saturated rings. The Kier molecular flexibility index (Phi) is 3.98. The van der Waals surface area contributed by atoms with Crippen molar-refractivity contribution < 1.29 is 14.3 Å². The van der Waals surface area contributed by atoms with E-state index in [0.29, 0.717) is 5.56 Å². The van der Waals surface area contributed by atoms with Gasteiger partial charge in [-0.3, -0.25) is 4.90 Å². The van der Waals surface area contributed by atoms with Gasteiger partial charge in [-0.25, -0.2) is 9.78 Å². The van der Waals surface area contributed by atoms with Crippen LogP contribution in [0.25, 0.3) is 11.0 Å². The molecule has 3 unspecified atom stereocenters. The van der Waals surface area contributed by atoms with Crippen molar-refractivity contribution in [2.75, 3.05) is 26.8 Å². The van der Waals surface area contributed by atoms with Gasteiger partial charge in [0.15, 0.2) is 0 Å². The van der Waals surface area contributed by atoms with E-state index in [1.807, 2.05) is 12.1 Å². The summed E-state index contributed by atoms with van der Waals surface area (Å²) in [6.45, 7) is 4.88. The highest BCUT2D eigenvalue weighted by Crippen LogP contribution is 2.45. The average Bonchev–Trinajstić information content (AvgIpc) is 3.31. The second kappa shape index (κ2) is 6.35.